The minimum atomic E-state index is -4.07. The van der Waals surface area contributed by atoms with Crippen molar-refractivity contribution in [2.75, 3.05) is 6.54 Å². The third kappa shape index (κ3) is 3.60. The fourth-order valence-corrected chi connectivity index (χ4v) is 3.64. The first-order chi connectivity index (χ1) is 11.1. The molecule has 1 aromatic carbocycles. The summed E-state index contributed by atoms with van der Waals surface area (Å²) in [6.07, 6.45) is -1.67. The predicted molar refractivity (Wildman–Crippen MR) is 78.0 cm³/mol. The number of likely N-dealkylation sites (tertiary alicyclic amines) is 1. The van der Waals surface area contributed by atoms with E-state index in [0.29, 0.717) is 4.90 Å². The number of carboxylic acid groups (broad SMARTS) is 2. The van der Waals surface area contributed by atoms with Gasteiger partial charge in [-0.3, -0.25) is 15.0 Å². The van der Waals surface area contributed by atoms with Crippen LogP contribution in [0.2, 0.25) is 0 Å². The number of benzene rings is 1. The summed E-state index contributed by atoms with van der Waals surface area (Å²) in [5.41, 5.74) is -0.280. The average Bonchev–Trinajstić information content (AvgIpc) is 2.91. The van der Waals surface area contributed by atoms with Crippen molar-refractivity contribution in [1.82, 2.24) is 9.62 Å². The molecule has 0 saturated carbocycles. The number of amides is 1. The number of non-ortho nitro benzene ring substituents is 1. The molecule has 1 aromatic rings. The van der Waals surface area contributed by atoms with E-state index in [1.807, 2.05) is 0 Å². The Morgan fingerprint density at radius 3 is 2.25 bits per heavy atom. The van der Waals surface area contributed by atoms with Crippen LogP contribution in [0.15, 0.2) is 29.2 Å². The Morgan fingerprint density at radius 2 is 1.83 bits per heavy atom. The number of carbonyl (C=O) groups is 2. The monoisotopic (exact) mass is 359 g/mol. The number of aliphatic carboxylic acids is 1. The zero-order valence-corrected chi connectivity index (χ0v) is 12.8. The van der Waals surface area contributed by atoms with Crippen LogP contribution in [-0.4, -0.2) is 59.1 Å². The zero-order chi connectivity index (χ0) is 18.1. The molecule has 24 heavy (non-hydrogen) atoms. The Hall–Kier alpha value is -2.73. The van der Waals surface area contributed by atoms with Gasteiger partial charge in [-0.15, -0.1) is 0 Å². The Labute approximate surface area is 135 Å². The molecular weight excluding hydrogens is 346 g/mol. The van der Waals surface area contributed by atoms with Crippen molar-refractivity contribution >= 4 is 27.8 Å². The summed E-state index contributed by atoms with van der Waals surface area (Å²) in [4.78, 5) is 32.4. The molecule has 0 bridgehead atoms. The second-order valence-electron chi connectivity index (χ2n) is 5.09. The first-order valence-electron chi connectivity index (χ1n) is 6.61. The first-order valence-corrected chi connectivity index (χ1v) is 8.09. The summed E-state index contributed by atoms with van der Waals surface area (Å²) in [7, 11) is -4.07. The maximum absolute atomic E-state index is 12.2. The smallest absolute Gasteiger partial charge is 0.408 e. The summed E-state index contributed by atoms with van der Waals surface area (Å²) < 4.78 is 26.7. The molecule has 0 aromatic heterocycles. The molecule has 0 spiro atoms. The van der Waals surface area contributed by atoms with Gasteiger partial charge in [-0.25, -0.2) is 22.7 Å². The highest BCUT2D eigenvalue weighted by Crippen LogP contribution is 2.21. The van der Waals surface area contributed by atoms with Crippen molar-refractivity contribution in [3.8, 4) is 0 Å². The van der Waals surface area contributed by atoms with Crippen molar-refractivity contribution in [2.24, 2.45) is 0 Å². The lowest BCUT2D eigenvalue weighted by molar-refractivity contribution is -0.384. The molecule has 1 aliphatic rings. The van der Waals surface area contributed by atoms with Crippen LogP contribution >= 0.6 is 0 Å². The van der Waals surface area contributed by atoms with E-state index in [0.717, 1.165) is 24.3 Å². The van der Waals surface area contributed by atoms with E-state index in [2.05, 4.69) is 4.72 Å². The van der Waals surface area contributed by atoms with E-state index in [9.17, 15) is 28.1 Å². The summed E-state index contributed by atoms with van der Waals surface area (Å²) in [5, 5.41) is 28.5. The molecular formula is C12H13N3O8S. The summed E-state index contributed by atoms with van der Waals surface area (Å²) in [5.74, 6) is -1.37. The van der Waals surface area contributed by atoms with Crippen LogP contribution in [0.25, 0.3) is 0 Å². The van der Waals surface area contributed by atoms with Crippen LogP contribution in [0.4, 0.5) is 10.5 Å². The van der Waals surface area contributed by atoms with Crippen molar-refractivity contribution in [2.45, 2.75) is 23.4 Å². The van der Waals surface area contributed by atoms with Gasteiger partial charge in [0.25, 0.3) is 5.69 Å². The van der Waals surface area contributed by atoms with Gasteiger partial charge in [-0.1, -0.05) is 0 Å². The molecule has 1 amide bonds. The van der Waals surface area contributed by atoms with Gasteiger partial charge in [0.1, 0.15) is 6.04 Å². The number of hydrogen-bond acceptors (Lipinski definition) is 6. The zero-order valence-electron chi connectivity index (χ0n) is 12.0. The number of nitro groups is 1. The number of carboxylic acids is 1. The van der Waals surface area contributed by atoms with E-state index in [1.54, 1.807) is 0 Å². The van der Waals surface area contributed by atoms with Gasteiger partial charge in [0, 0.05) is 24.7 Å². The number of rotatable bonds is 5. The van der Waals surface area contributed by atoms with Crippen LogP contribution in [0, 0.1) is 10.1 Å². The van der Waals surface area contributed by atoms with Crippen LogP contribution < -0.4 is 4.72 Å². The molecule has 11 nitrogen and oxygen atoms in total. The molecule has 12 heteroatoms. The van der Waals surface area contributed by atoms with Crippen LogP contribution in [-0.2, 0) is 14.8 Å². The van der Waals surface area contributed by atoms with Gasteiger partial charge >= 0.3 is 12.1 Å². The Bertz CT molecular complexity index is 754. The molecule has 1 aliphatic heterocycles. The quantitative estimate of drug-likeness (QED) is 0.490. The lowest BCUT2D eigenvalue weighted by Crippen LogP contribution is -2.40. The van der Waals surface area contributed by atoms with Gasteiger partial charge in [0.2, 0.25) is 10.0 Å². The highest BCUT2D eigenvalue weighted by atomic mass is 32.2. The number of sulfonamides is 1. The Kier molecular flexibility index (Phi) is 4.71. The van der Waals surface area contributed by atoms with Crippen LogP contribution in [0.1, 0.15) is 6.42 Å². The largest absolute Gasteiger partial charge is 0.480 e. The maximum Gasteiger partial charge on any atom is 0.408 e. The lowest BCUT2D eigenvalue weighted by atomic mass is 10.2. The van der Waals surface area contributed by atoms with Crippen LogP contribution in [0.3, 0.4) is 0 Å². The third-order valence-corrected chi connectivity index (χ3v) is 5.05. The van der Waals surface area contributed by atoms with Gasteiger partial charge in [-0.05, 0) is 18.6 Å². The molecule has 2 rings (SSSR count). The van der Waals surface area contributed by atoms with E-state index in [4.69, 9.17) is 10.2 Å². The highest BCUT2D eigenvalue weighted by molar-refractivity contribution is 7.89. The Morgan fingerprint density at radius 1 is 1.25 bits per heavy atom. The van der Waals surface area contributed by atoms with E-state index >= 15 is 0 Å². The summed E-state index contributed by atoms with van der Waals surface area (Å²) >= 11 is 0. The summed E-state index contributed by atoms with van der Waals surface area (Å²) in [6.45, 7) is -0.307. The standard InChI is InChI=1S/C12H13N3O8S/c16-11(17)10-5-7(6-14(10)12(18)19)13-24(22,23)9-3-1-8(2-4-9)15(20)21/h1-4,7,10,13H,5-6H2,(H,16,17)(H,18,19). The normalized spacial score (nSPS) is 20.8. The minimum Gasteiger partial charge on any atom is -0.480 e. The molecule has 130 valence electrons. The lowest BCUT2D eigenvalue weighted by Gasteiger charge is -2.16. The van der Waals surface area contributed by atoms with Crippen molar-refractivity contribution < 1.29 is 33.1 Å². The number of nitro benzene ring substituents is 1. The van der Waals surface area contributed by atoms with Crippen molar-refractivity contribution in [1.29, 1.82) is 0 Å². The molecule has 0 radical (unpaired) electrons. The maximum atomic E-state index is 12.2. The second-order valence-corrected chi connectivity index (χ2v) is 6.81. The second kappa shape index (κ2) is 6.41. The SMILES string of the molecule is O=C(O)C1CC(NS(=O)(=O)c2ccc([N+](=O)[O-])cc2)CN1C(=O)O. The summed E-state index contributed by atoms with van der Waals surface area (Å²) in [6, 6.07) is 1.87. The van der Waals surface area contributed by atoms with Crippen LogP contribution in [0.5, 0.6) is 0 Å². The van der Waals surface area contributed by atoms with Crippen molar-refractivity contribution in [3.05, 3.63) is 34.4 Å². The molecule has 1 heterocycles. The predicted octanol–water partition coefficient (Wildman–Crippen LogP) is 0.0786. The molecule has 2 atom stereocenters. The fraction of sp³-hybridized carbons (Fsp3) is 0.333. The van der Waals surface area contributed by atoms with Gasteiger partial charge in [0.05, 0.1) is 9.82 Å². The van der Waals surface area contributed by atoms with Gasteiger partial charge < -0.3 is 10.2 Å². The first kappa shape index (κ1) is 17.6. The molecule has 2 unspecified atom stereocenters. The highest BCUT2D eigenvalue weighted by Gasteiger charge is 2.41. The van der Waals surface area contributed by atoms with E-state index < -0.39 is 39.1 Å². The van der Waals surface area contributed by atoms with Crippen molar-refractivity contribution in [3.63, 3.8) is 0 Å². The number of nitrogens with zero attached hydrogens (tertiary/aromatic N) is 2. The Balaban J connectivity index is 2.16. The average molecular weight is 359 g/mol. The third-order valence-electron chi connectivity index (χ3n) is 3.51. The number of hydrogen-bond donors (Lipinski definition) is 3. The molecule has 3 N–H and O–H groups in total. The molecule has 1 saturated heterocycles. The minimum absolute atomic E-state index is 0.214. The van der Waals surface area contributed by atoms with E-state index in [-0.39, 0.29) is 23.5 Å². The molecule has 1 fully saturated rings. The number of nitrogens with one attached hydrogen (secondary N) is 1. The fourth-order valence-electron chi connectivity index (χ4n) is 2.40. The van der Waals surface area contributed by atoms with Gasteiger partial charge in [-0.2, -0.15) is 0 Å². The topological polar surface area (TPSA) is 167 Å². The van der Waals surface area contributed by atoms with Gasteiger partial charge in [0.15, 0.2) is 0 Å². The van der Waals surface area contributed by atoms with E-state index in [1.165, 1.54) is 0 Å². The molecule has 0 aliphatic carbocycles.